The molecule has 0 fully saturated rings. The van der Waals surface area contributed by atoms with E-state index < -0.39 is 0 Å². The second kappa shape index (κ2) is 5.24. The van der Waals surface area contributed by atoms with Crippen LogP contribution in [0.15, 0.2) is 24.3 Å². The first-order valence-electron chi connectivity index (χ1n) is 6.13. The van der Waals surface area contributed by atoms with Gasteiger partial charge in [-0.25, -0.2) is 0 Å². The highest BCUT2D eigenvalue weighted by Crippen LogP contribution is 2.35. The molecule has 2 atom stereocenters. The molecule has 0 radical (unpaired) electrons. The molecule has 1 aliphatic carbocycles. The van der Waals surface area contributed by atoms with Crippen molar-refractivity contribution in [2.24, 2.45) is 11.7 Å². The van der Waals surface area contributed by atoms with Crippen molar-refractivity contribution >= 4 is 11.8 Å². The molecule has 1 nitrogen and oxygen atoms in total. The van der Waals surface area contributed by atoms with Gasteiger partial charge in [-0.05, 0) is 35.6 Å². The third-order valence-electron chi connectivity index (χ3n) is 3.16. The maximum absolute atomic E-state index is 6.36. The molecular formula is C14H21NS. The van der Waals surface area contributed by atoms with Crippen LogP contribution in [0.3, 0.4) is 0 Å². The zero-order chi connectivity index (χ0) is 11.5. The van der Waals surface area contributed by atoms with Crippen molar-refractivity contribution in [2.45, 2.75) is 38.0 Å². The van der Waals surface area contributed by atoms with Crippen molar-refractivity contribution in [3.05, 3.63) is 35.4 Å². The van der Waals surface area contributed by atoms with Crippen LogP contribution in [0, 0.1) is 5.92 Å². The summed E-state index contributed by atoms with van der Waals surface area (Å²) in [7, 11) is 0. The largest absolute Gasteiger partial charge is 0.323 e. The van der Waals surface area contributed by atoms with Crippen molar-refractivity contribution < 1.29 is 0 Å². The van der Waals surface area contributed by atoms with E-state index in [9.17, 15) is 0 Å². The molecule has 2 N–H and O–H groups in total. The van der Waals surface area contributed by atoms with Crippen LogP contribution in [0.2, 0.25) is 0 Å². The molecule has 2 heteroatoms. The van der Waals surface area contributed by atoms with Gasteiger partial charge < -0.3 is 5.73 Å². The summed E-state index contributed by atoms with van der Waals surface area (Å²) in [4.78, 5) is 0. The number of fused-ring (bicyclic) bond motifs is 1. The molecule has 2 unspecified atom stereocenters. The van der Waals surface area contributed by atoms with Crippen LogP contribution in [-0.4, -0.2) is 11.0 Å². The van der Waals surface area contributed by atoms with Gasteiger partial charge in [0.25, 0.3) is 0 Å². The van der Waals surface area contributed by atoms with Crippen molar-refractivity contribution in [3.63, 3.8) is 0 Å². The van der Waals surface area contributed by atoms with Crippen molar-refractivity contribution in [3.8, 4) is 0 Å². The summed E-state index contributed by atoms with van der Waals surface area (Å²) in [5, 5.41) is 0.609. The first-order valence-corrected chi connectivity index (χ1v) is 7.18. The smallest absolute Gasteiger partial charge is 0.0418 e. The molecule has 0 heterocycles. The Hall–Kier alpha value is -0.470. The normalized spacial score (nSPS) is 24.5. The molecule has 0 aliphatic heterocycles. The van der Waals surface area contributed by atoms with Crippen LogP contribution in [0.25, 0.3) is 0 Å². The number of aryl methyl sites for hydroxylation is 1. The standard InChI is InChI=1S/C14H21NS/c1-10(2)9-16-13-8-7-11-5-3-4-6-12(11)14(13)15/h3-6,10,13-14H,7-9,15H2,1-2H3. The van der Waals surface area contributed by atoms with E-state index >= 15 is 0 Å². The van der Waals surface area contributed by atoms with E-state index in [1.807, 2.05) is 0 Å². The predicted molar refractivity (Wildman–Crippen MR) is 72.8 cm³/mol. The first kappa shape index (κ1) is 12.0. The summed E-state index contributed by atoms with van der Waals surface area (Å²) in [6, 6.07) is 8.87. The quantitative estimate of drug-likeness (QED) is 0.869. The maximum Gasteiger partial charge on any atom is 0.0418 e. The zero-order valence-corrected chi connectivity index (χ0v) is 11.0. The summed E-state index contributed by atoms with van der Waals surface area (Å²) in [5.41, 5.74) is 9.18. The van der Waals surface area contributed by atoms with Gasteiger partial charge in [0.2, 0.25) is 0 Å². The van der Waals surface area contributed by atoms with Crippen LogP contribution in [0.4, 0.5) is 0 Å². The van der Waals surface area contributed by atoms with Crippen molar-refractivity contribution in [1.82, 2.24) is 0 Å². The Kier molecular flexibility index (Phi) is 3.93. The number of hydrogen-bond acceptors (Lipinski definition) is 2. The monoisotopic (exact) mass is 235 g/mol. The number of nitrogens with two attached hydrogens (primary N) is 1. The molecular weight excluding hydrogens is 214 g/mol. The van der Waals surface area contributed by atoms with Gasteiger partial charge in [-0.2, -0.15) is 11.8 Å². The molecule has 0 saturated heterocycles. The minimum Gasteiger partial charge on any atom is -0.323 e. The molecule has 1 aromatic carbocycles. The average Bonchev–Trinajstić information content (AvgIpc) is 2.28. The van der Waals surface area contributed by atoms with Crippen LogP contribution < -0.4 is 5.73 Å². The fraction of sp³-hybridized carbons (Fsp3) is 0.571. The molecule has 2 rings (SSSR count). The Bertz CT molecular complexity index is 348. The Morgan fingerprint density at radius 3 is 2.88 bits per heavy atom. The highest BCUT2D eigenvalue weighted by molar-refractivity contribution is 7.99. The number of rotatable bonds is 3. The molecule has 0 amide bonds. The molecule has 0 bridgehead atoms. The van der Waals surface area contributed by atoms with Crippen LogP contribution in [-0.2, 0) is 6.42 Å². The number of thioether (sulfide) groups is 1. The number of benzene rings is 1. The summed E-state index contributed by atoms with van der Waals surface area (Å²) in [6.07, 6.45) is 2.43. The molecule has 0 aromatic heterocycles. The van der Waals surface area contributed by atoms with E-state index in [1.54, 1.807) is 0 Å². The van der Waals surface area contributed by atoms with Gasteiger partial charge in [0, 0.05) is 11.3 Å². The molecule has 0 saturated carbocycles. The minimum atomic E-state index is 0.230. The molecule has 1 aromatic rings. The van der Waals surface area contributed by atoms with Gasteiger partial charge in [-0.1, -0.05) is 38.1 Å². The average molecular weight is 235 g/mol. The third kappa shape index (κ3) is 2.61. The van der Waals surface area contributed by atoms with E-state index in [0.717, 1.165) is 5.92 Å². The van der Waals surface area contributed by atoms with Crippen molar-refractivity contribution in [1.29, 1.82) is 0 Å². The third-order valence-corrected chi connectivity index (χ3v) is 4.97. The Morgan fingerprint density at radius 2 is 2.12 bits per heavy atom. The van der Waals surface area contributed by atoms with E-state index in [4.69, 9.17) is 5.73 Å². The maximum atomic E-state index is 6.36. The highest BCUT2D eigenvalue weighted by Gasteiger charge is 2.26. The molecule has 1 aliphatic rings. The van der Waals surface area contributed by atoms with E-state index in [0.29, 0.717) is 5.25 Å². The second-order valence-corrected chi connectivity index (χ2v) is 6.30. The van der Waals surface area contributed by atoms with Crippen LogP contribution in [0.1, 0.15) is 37.4 Å². The summed E-state index contributed by atoms with van der Waals surface area (Å²) < 4.78 is 0. The Balaban J connectivity index is 2.06. The summed E-state index contributed by atoms with van der Waals surface area (Å²) in [6.45, 7) is 4.55. The van der Waals surface area contributed by atoms with Gasteiger partial charge >= 0.3 is 0 Å². The van der Waals surface area contributed by atoms with Gasteiger partial charge in [-0.3, -0.25) is 0 Å². The topological polar surface area (TPSA) is 26.0 Å². The first-order chi connectivity index (χ1) is 7.68. The van der Waals surface area contributed by atoms with Gasteiger partial charge in [-0.15, -0.1) is 0 Å². The minimum absolute atomic E-state index is 0.230. The van der Waals surface area contributed by atoms with Crippen LogP contribution >= 0.6 is 11.8 Å². The van der Waals surface area contributed by atoms with E-state index in [-0.39, 0.29) is 6.04 Å². The molecule has 0 spiro atoms. The lowest BCUT2D eigenvalue weighted by atomic mass is 9.88. The predicted octanol–water partition coefficient (Wildman–Crippen LogP) is 3.39. The molecule has 16 heavy (non-hydrogen) atoms. The number of hydrogen-bond donors (Lipinski definition) is 1. The van der Waals surface area contributed by atoms with Crippen LogP contribution in [0.5, 0.6) is 0 Å². The van der Waals surface area contributed by atoms with E-state index in [2.05, 4.69) is 49.9 Å². The fourth-order valence-corrected chi connectivity index (χ4v) is 3.54. The Labute approximate surface area is 103 Å². The van der Waals surface area contributed by atoms with Gasteiger partial charge in [0.1, 0.15) is 0 Å². The van der Waals surface area contributed by atoms with Gasteiger partial charge in [0.05, 0.1) is 0 Å². The lowest BCUT2D eigenvalue weighted by Crippen LogP contribution is -2.29. The Morgan fingerprint density at radius 1 is 1.38 bits per heavy atom. The van der Waals surface area contributed by atoms with Gasteiger partial charge in [0.15, 0.2) is 0 Å². The van der Waals surface area contributed by atoms with E-state index in [1.165, 1.54) is 29.7 Å². The van der Waals surface area contributed by atoms with Crippen molar-refractivity contribution in [2.75, 3.05) is 5.75 Å². The lowest BCUT2D eigenvalue weighted by Gasteiger charge is -2.31. The SMILES string of the molecule is CC(C)CSC1CCc2ccccc2C1N. The zero-order valence-electron chi connectivity index (χ0n) is 10.1. The highest BCUT2D eigenvalue weighted by atomic mass is 32.2. The summed E-state index contributed by atoms with van der Waals surface area (Å²) in [5.74, 6) is 1.98. The summed E-state index contributed by atoms with van der Waals surface area (Å²) >= 11 is 2.05. The lowest BCUT2D eigenvalue weighted by molar-refractivity contribution is 0.584. The second-order valence-electron chi connectivity index (χ2n) is 5.03. The molecule has 88 valence electrons. The fourth-order valence-electron chi connectivity index (χ4n) is 2.27.